The van der Waals surface area contributed by atoms with Crippen LogP contribution in [0.4, 0.5) is 0 Å². The standard InChI is InChI=1S/C65H102O6/c1-4-7-10-13-16-19-22-25-28-30-32-34-37-40-43-46-49-52-55-58-64(67)70-61-62(60-69-63(66)57-54-51-48-45-42-39-36-27-24-21-18-15-12-9-6-3)71-65(68)59-56-53-50-47-44-41-38-35-33-31-29-26-23-20-17-14-11-8-5-2/h7-8,10-11,16-17,19-20,25-26,28-29,32-35,40-41,43-44,49-50,52-53,62H,4-6,9,12-15,18,21-24,27,30-31,36-39,42,45-48,51,54-61H2,1-3H3/b10-7+,11-8+,19-16+,20-17+,28-25+,29-26+,34-32+,35-33+,43-40+,44-41+,52-49+,53-50+/t62-/m1/s1. The van der Waals surface area contributed by atoms with Crippen molar-refractivity contribution in [1.29, 1.82) is 0 Å². The third kappa shape index (κ3) is 56.1. The molecule has 0 rings (SSSR count). The van der Waals surface area contributed by atoms with Gasteiger partial charge in [-0.2, -0.15) is 0 Å². The summed E-state index contributed by atoms with van der Waals surface area (Å²) < 4.78 is 16.7. The molecule has 0 aliphatic carbocycles. The van der Waals surface area contributed by atoms with E-state index in [0.29, 0.717) is 19.3 Å². The Kier molecular flexibility index (Phi) is 54.0. The van der Waals surface area contributed by atoms with Gasteiger partial charge >= 0.3 is 17.9 Å². The Morgan fingerprint density at radius 3 is 0.859 bits per heavy atom. The Morgan fingerprint density at radius 1 is 0.296 bits per heavy atom. The number of ether oxygens (including phenoxy) is 3. The lowest BCUT2D eigenvalue weighted by molar-refractivity contribution is -0.166. The van der Waals surface area contributed by atoms with E-state index in [2.05, 4.69) is 142 Å². The van der Waals surface area contributed by atoms with Crippen LogP contribution in [0.1, 0.15) is 226 Å². The minimum atomic E-state index is -0.854. The maximum atomic E-state index is 12.8. The smallest absolute Gasteiger partial charge is 0.306 e. The van der Waals surface area contributed by atoms with Gasteiger partial charge in [0.15, 0.2) is 6.10 Å². The van der Waals surface area contributed by atoms with Crippen molar-refractivity contribution in [1.82, 2.24) is 0 Å². The van der Waals surface area contributed by atoms with Crippen molar-refractivity contribution in [2.75, 3.05) is 13.2 Å². The molecular weight excluding hydrogens is 877 g/mol. The van der Waals surface area contributed by atoms with Crippen LogP contribution in [0.25, 0.3) is 0 Å². The van der Waals surface area contributed by atoms with Crippen LogP contribution in [-0.4, -0.2) is 37.2 Å². The molecule has 6 heteroatoms. The third-order valence-corrected chi connectivity index (χ3v) is 11.4. The minimum absolute atomic E-state index is 0.135. The largest absolute Gasteiger partial charge is 0.462 e. The quantitative estimate of drug-likeness (QED) is 0.0262. The van der Waals surface area contributed by atoms with Gasteiger partial charge in [-0.3, -0.25) is 14.4 Å². The van der Waals surface area contributed by atoms with Gasteiger partial charge in [0.2, 0.25) is 0 Å². The first-order valence-corrected chi connectivity index (χ1v) is 28.3. The molecule has 6 nitrogen and oxygen atoms in total. The molecule has 0 amide bonds. The number of hydrogen-bond acceptors (Lipinski definition) is 6. The topological polar surface area (TPSA) is 78.9 Å². The van der Waals surface area contributed by atoms with Crippen LogP contribution in [0.3, 0.4) is 0 Å². The monoisotopic (exact) mass is 979 g/mol. The molecule has 0 aromatic heterocycles. The lowest BCUT2D eigenvalue weighted by Gasteiger charge is -2.18. The van der Waals surface area contributed by atoms with E-state index in [9.17, 15) is 14.4 Å². The van der Waals surface area contributed by atoms with Crippen molar-refractivity contribution in [3.05, 3.63) is 146 Å². The fraction of sp³-hybridized carbons (Fsp3) is 0.585. The molecule has 0 saturated heterocycles. The minimum Gasteiger partial charge on any atom is -0.462 e. The third-order valence-electron chi connectivity index (χ3n) is 11.4. The second-order valence-corrected chi connectivity index (χ2v) is 18.1. The van der Waals surface area contributed by atoms with Gasteiger partial charge in [0, 0.05) is 19.3 Å². The number of carbonyl (C=O) groups is 3. The second-order valence-electron chi connectivity index (χ2n) is 18.1. The average Bonchev–Trinajstić information content (AvgIpc) is 3.37. The fourth-order valence-electron chi connectivity index (χ4n) is 7.20. The van der Waals surface area contributed by atoms with E-state index in [1.54, 1.807) is 0 Å². The molecule has 1 atom stereocenters. The van der Waals surface area contributed by atoms with Crippen molar-refractivity contribution in [2.24, 2.45) is 0 Å². The predicted octanol–water partition coefficient (Wildman–Crippen LogP) is 19.2. The molecule has 0 heterocycles. The Balaban J connectivity index is 4.64. The van der Waals surface area contributed by atoms with E-state index >= 15 is 0 Å². The van der Waals surface area contributed by atoms with Crippen LogP contribution >= 0.6 is 0 Å². The summed E-state index contributed by atoms with van der Waals surface area (Å²) in [6.07, 6.45) is 82.9. The van der Waals surface area contributed by atoms with Gasteiger partial charge in [-0.1, -0.05) is 256 Å². The summed E-state index contributed by atoms with van der Waals surface area (Å²) in [5, 5.41) is 0. The summed E-state index contributed by atoms with van der Waals surface area (Å²) >= 11 is 0. The van der Waals surface area contributed by atoms with E-state index in [1.807, 2.05) is 24.3 Å². The molecule has 0 aliphatic rings. The van der Waals surface area contributed by atoms with Crippen molar-refractivity contribution in [2.45, 2.75) is 232 Å². The van der Waals surface area contributed by atoms with Crippen LogP contribution in [0.15, 0.2) is 146 Å². The molecule has 398 valence electrons. The molecule has 0 radical (unpaired) electrons. The average molecular weight is 980 g/mol. The van der Waals surface area contributed by atoms with Gasteiger partial charge in [-0.15, -0.1) is 0 Å². The maximum absolute atomic E-state index is 12.8. The van der Waals surface area contributed by atoms with Gasteiger partial charge < -0.3 is 14.2 Å². The molecule has 71 heavy (non-hydrogen) atoms. The zero-order chi connectivity index (χ0) is 51.4. The van der Waals surface area contributed by atoms with Crippen molar-refractivity contribution in [3.8, 4) is 0 Å². The molecule has 0 saturated carbocycles. The summed E-state index contributed by atoms with van der Waals surface area (Å²) in [4.78, 5) is 38.1. The summed E-state index contributed by atoms with van der Waals surface area (Å²) in [7, 11) is 0. The SMILES string of the molecule is CC/C=C/C/C=C/C/C=C/C/C=C/C/C=C/C/C=C/CCC(=O)OC[C@@H](COC(=O)CCCCCCCCCCCCCCCCC)OC(=O)CC/C=C/C/C=C/C/C=C/C/C=C/C/C=C/C/C=C/CC. The molecule has 0 fully saturated rings. The number of allylic oxidation sites excluding steroid dienone is 24. The molecular formula is C65H102O6. The summed E-state index contributed by atoms with van der Waals surface area (Å²) in [6, 6.07) is 0. The summed E-state index contributed by atoms with van der Waals surface area (Å²) in [5.74, 6) is -1.11. The highest BCUT2D eigenvalue weighted by molar-refractivity contribution is 5.71. The van der Waals surface area contributed by atoms with Gasteiger partial charge in [-0.05, 0) is 96.3 Å². The predicted molar refractivity (Wildman–Crippen MR) is 306 cm³/mol. The van der Waals surface area contributed by atoms with Gasteiger partial charge in [-0.25, -0.2) is 0 Å². The van der Waals surface area contributed by atoms with Crippen LogP contribution in [-0.2, 0) is 28.6 Å². The van der Waals surface area contributed by atoms with E-state index in [4.69, 9.17) is 14.2 Å². The van der Waals surface area contributed by atoms with Gasteiger partial charge in [0.1, 0.15) is 13.2 Å². The first-order chi connectivity index (χ1) is 35.0. The normalized spacial score (nSPS) is 13.2. The van der Waals surface area contributed by atoms with Crippen molar-refractivity contribution in [3.63, 3.8) is 0 Å². The Bertz CT molecular complexity index is 1590. The molecule has 0 aliphatic heterocycles. The van der Waals surface area contributed by atoms with Crippen LogP contribution < -0.4 is 0 Å². The second kappa shape index (κ2) is 57.9. The highest BCUT2D eigenvalue weighted by Crippen LogP contribution is 2.14. The van der Waals surface area contributed by atoms with Crippen molar-refractivity contribution < 1.29 is 28.6 Å². The van der Waals surface area contributed by atoms with E-state index < -0.39 is 12.1 Å². The first kappa shape index (κ1) is 66.3. The highest BCUT2D eigenvalue weighted by Gasteiger charge is 2.19. The van der Waals surface area contributed by atoms with Crippen molar-refractivity contribution >= 4 is 17.9 Å². The van der Waals surface area contributed by atoms with E-state index in [1.165, 1.54) is 77.0 Å². The fourth-order valence-corrected chi connectivity index (χ4v) is 7.20. The zero-order valence-corrected chi connectivity index (χ0v) is 45.4. The van der Waals surface area contributed by atoms with Crippen LogP contribution in [0.5, 0.6) is 0 Å². The number of carbonyl (C=O) groups excluding carboxylic acids is 3. The number of unbranched alkanes of at least 4 members (excludes halogenated alkanes) is 14. The van der Waals surface area contributed by atoms with Gasteiger partial charge in [0.05, 0.1) is 0 Å². The van der Waals surface area contributed by atoms with E-state index in [0.717, 1.165) is 96.3 Å². The highest BCUT2D eigenvalue weighted by atomic mass is 16.6. The first-order valence-electron chi connectivity index (χ1n) is 28.3. The van der Waals surface area contributed by atoms with Crippen LogP contribution in [0, 0.1) is 0 Å². The lowest BCUT2D eigenvalue weighted by atomic mass is 10.0. The number of hydrogen-bond donors (Lipinski definition) is 0. The summed E-state index contributed by atoms with van der Waals surface area (Å²) in [6.45, 7) is 6.28. The zero-order valence-electron chi connectivity index (χ0n) is 45.4. The number of esters is 3. The summed E-state index contributed by atoms with van der Waals surface area (Å²) in [5.41, 5.74) is 0. The molecule has 0 N–H and O–H groups in total. The van der Waals surface area contributed by atoms with Crippen LogP contribution in [0.2, 0.25) is 0 Å². The molecule has 0 aromatic rings. The Morgan fingerprint density at radius 2 is 0.549 bits per heavy atom. The molecule has 0 aromatic carbocycles. The van der Waals surface area contributed by atoms with E-state index in [-0.39, 0.29) is 38.0 Å². The molecule has 0 unspecified atom stereocenters. The molecule has 0 spiro atoms. The molecule has 0 bridgehead atoms. The lowest BCUT2D eigenvalue weighted by Crippen LogP contribution is -2.30. The Hall–Kier alpha value is -4.71. The number of rotatable bonds is 49. The Labute approximate surface area is 436 Å². The maximum Gasteiger partial charge on any atom is 0.306 e. The van der Waals surface area contributed by atoms with Gasteiger partial charge in [0.25, 0.3) is 0 Å².